The Hall–Kier alpha value is -1.63. The van der Waals surface area contributed by atoms with Crippen molar-refractivity contribution in [1.82, 2.24) is 9.55 Å². The molecule has 1 aromatic heterocycles. The number of anilines is 1. The van der Waals surface area contributed by atoms with E-state index >= 15 is 0 Å². The number of para-hydroxylation sites is 1. The number of fused-ring (bicyclic) bond motifs is 1. The van der Waals surface area contributed by atoms with Crippen LogP contribution in [0.5, 0.6) is 0 Å². The van der Waals surface area contributed by atoms with Crippen molar-refractivity contribution in [3.63, 3.8) is 0 Å². The minimum Gasteiger partial charge on any atom is -0.369 e. The van der Waals surface area contributed by atoms with Gasteiger partial charge in [0.1, 0.15) is 15.4 Å². The Kier molecular flexibility index (Phi) is 3.02. The van der Waals surface area contributed by atoms with Crippen molar-refractivity contribution in [3.8, 4) is 0 Å². The Bertz CT molecular complexity index is 694. The standard InChI is InChI=1S/C11H14FN3O2S/c1-7(6-18(2,16)17)15-9-5-3-4-8(12)10(9)14-11(15)13/h3-5,7H,6H2,1-2H3,(H2,13,14). The SMILES string of the molecule is CC(CS(C)(=O)=O)n1c(N)nc2c(F)cccc21. The lowest BCUT2D eigenvalue weighted by atomic mass is 10.3. The zero-order chi connectivity index (χ0) is 13.5. The van der Waals surface area contributed by atoms with E-state index in [2.05, 4.69) is 4.98 Å². The fraction of sp³-hybridized carbons (Fsp3) is 0.364. The molecule has 0 fully saturated rings. The number of hydrogen-bond donors (Lipinski definition) is 1. The van der Waals surface area contributed by atoms with Crippen LogP contribution in [0.15, 0.2) is 18.2 Å². The minimum absolute atomic E-state index is 0.0703. The van der Waals surface area contributed by atoms with Crippen molar-refractivity contribution in [3.05, 3.63) is 24.0 Å². The number of hydrogen-bond acceptors (Lipinski definition) is 4. The molecule has 18 heavy (non-hydrogen) atoms. The van der Waals surface area contributed by atoms with Gasteiger partial charge in [-0.3, -0.25) is 0 Å². The average molecular weight is 271 g/mol. The molecule has 0 bridgehead atoms. The quantitative estimate of drug-likeness (QED) is 0.914. The van der Waals surface area contributed by atoms with Crippen LogP contribution in [0.1, 0.15) is 13.0 Å². The Morgan fingerprint density at radius 3 is 2.78 bits per heavy atom. The molecule has 0 radical (unpaired) electrons. The van der Waals surface area contributed by atoms with Gasteiger partial charge < -0.3 is 10.3 Å². The topological polar surface area (TPSA) is 78.0 Å². The lowest BCUT2D eigenvalue weighted by Crippen LogP contribution is -2.18. The first-order chi connectivity index (χ1) is 8.29. The molecule has 0 spiro atoms. The molecule has 1 heterocycles. The summed E-state index contributed by atoms with van der Waals surface area (Å²) in [7, 11) is -3.14. The highest BCUT2D eigenvalue weighted by Gasteiger charge is 2.19. The molecule has 2 aromatic rings. The van der Waals surface area contributed by atoms with Gasteiger partial charge in [-0.1, -0.05) is 6.07 Å². The van der Waals surface area contributed by atoms with Crippen molar-refractivity contribution in [2.45, 2.75) is 13.0 Å². The van der Waals surface area contributed by atoms with Crippen LogP contribution in [0, 0.1) is 5.82 Å². The first-order valence-electron chi connectivity index (χ1n) is 5.39. The summed E-state index contributed by atoms with van der Waals surface area (Å²) in [6.45, 7) is 1.71. The van der Waals surface area contributed by atoms with Crippen molar-refractivity contribution >= 4 is 26.8 Å². The second-order valence-corrected chi connectivity index (χ2v) is 6.57. The molecular formula is C11H14FN3O2S. The normalized spacial score (nSPS) is 13.9. The number of imidazole rings is 1. The zero-order valence-corrected chi connectivity index (χ0v) is 10.9. The van der Waals surface area contributed by atoms with Gasteiger partial charge in [-0.2, -0.15) is 0 Å². The van der Waals surface area contributed by atoms with E-state index in [4.69, 9.17) is 5.73 Å². The summed E-state index contributed by atoms with van der Waals surface area (Å²) in [6.07, 6.45) is 1.15. The molecule has 2 N–H and O–H groups in total. The van der Waals surface area contributed by atoms with E-state index in [0.717, 1.165) is 6.26 Å². The third kappa shape index (κ3) is 2.31. The molecule has 1 unspecified atom stereocenters. The fourth-order valence-corrected chi connectivity index (χ4v) is 3.10. The average Bonchev–Trinajstić information content (AvgIpc) is 2.53. The van der Waals surface area contributed by atoms with E-state index in [-0.39, 0.29) is 17.2 Å². The van der Waals surface area contributed by atoms with E-state index in [9.17, 15) is 12.8 Å². The van der Waals surface area contributed by atoms with Crippen LogP contribution in [0.25, 0.3) is 11.0 Å². The Morgan fingerprint density at radius 1 is 1.50 bits per heavy atom. The Morgan fingerprint density at radius 2 is 2.17 bits per heavy atom. The third-order valence-corrected chi connectivity index (χ3v) is 3.77. The minimum atomic E-state index is -3.14. The summed E-state index contributed by atoms with van der Waals surface area (Å²) in [5, 5.41) is 0. The summed E-state index contributed by atoms with van der Waals surface area (Å²) < 4.78 is 37.7. The molecule has 98 valence electrons. The smallest absolute Gasteiger partial charge is 0.201 e. The van der Waals surface area contributed by atoms with Gasteiger partial charge in [0.15, 0.2) is 5.82 Å². The Balaban J connectivity index is 2.57. The maximum atomic E-state index is 13.5. The number of benzene rings is 1. The predicted molar refractivity (Wildman–Crippen MR) is 68.5 cm³/mol. The molecule has 7 heteroatoms. The van der Waals surface area contributed by atoms with Crippen molar-refractivity contribution in [2.24, 2.45) is 0 Å². The van der Waals surface area contributed by atoms with E-state index in [1.54, 1.807) is 23.6 Å². The monoisotopic (exact) mass is 271 g/mol. The van der Waals surface area contributed by atoms with E-state index in [0.29, 0.717) is 5.52 Å². The molecule has 1 atom stereocenters. The van der Waals surface area contributed by atoms with Crippen LogP contribution in [-0.4, -0.2) is 30.0 Å². The Labute approximate surface area is 104 Å². The molecule has 0 aliphatic heterocycles. The van der Waals surface area contributed by atoms with E-state index < -0.39 is 21.7 Å². The zero-order valence-electron chi connectivity index (χ0n) is 10.1. The number of nitrogen functional groups attached to an aromatic ring is 1. The van der Waals surface area contributed by atoms with E-state index in [1.807, 2.05) is 0 Å². The second kappa shape index (κ2) is 4.24. The molecule has 2 rings (SSSR count). The highest BCUT2D eigenvalue weighted by atomic mass is 32.2. The molecule has 0 saturated carbocycles. The van der Waals surface area contributed by atoms with Crippen LogP contribution in [-0.2, 0) is 9.84 Å². The van der Waals surface area contributed by atoms with Gasteiger partial charge in [-0.25, -0.2) is 17.8 Å². The molecular weight excluding hydrogens is 257 g/mol. The molecule has 0 aliphatic carbocycles. The van der Waals surface area contributed by atoms with Crippen LogP contribution >= 0.6 is 0 Å². The van der Waals surface area contributed by atoms with Crippen LogP contribution < -0.4 is 5.73 Å². The summed E-state index contributed by atoms with van der Waals surface area (Å²) in [5.41, 5.74) is 6.40. The first kappa shape index (κ1) is 12.8. The van der Waals surface area contributed by atoms with Crippen molar-refractivity contribution < 1.29 is 12.8 Å². The van der Waals surface area contributed by atoms with Crippen molar-refractivity contribution in [1.29, 1.82) is 0 Å². The summed E-state index contributed by atoms with van der Waals surface area (Å²) in [4.78, 5) is 3.93. The summed E-state index contributed by atoms with van der Waals surface area (Å²) >= 11 is 0. The van der Waals surface area contributed by atoms with E-state index in [1.165, 1.54) is 6.07 Å². The lowest BCUT2D eigenvalue weighted by Gasteiger charge is -2.14. The van der Waals surface area contributed by atoms with Gasteiger partial charge >= 0.3 is 0 Å². The van der Waals surface area contributed by atoms with Gasteiger partial charge in [-0.05, 0) is 19.1 Å². The summed E-state index contributed by atoms with van der Waals surface area (Å²) in [6, 6.07) is 4.11. The number of rotatable bonds is 3. The molecule has 5 nitrogen and oxygen atoms in total. The van der Waals surface area contributed by atoms with Gasteiger partial charge in [0.05, 0.1) is 11.3 Å². The van der Waals surface area contributed by atoms with Gasteiger partial charge in [0.2, 0.25) is 5.95 Å². The second-order valence-electron chi connectivity index (χ2n) is 4.39. The van der Waals surface area contributed by atoms with Gasteiger partial charge in [-0.15, -0.1) is 0 Å². The van der Waals surface area contributed by atoms with Crippen LogP contribution in [0.3, 0.4) is 0 Å². The van der Waals surface area contributed by atoms with Crippen LogP contribution in [0.2, 0.25) is 0 Å². The highest BCUT2D eigenvalue weighted by Crippen LogP contribution is 2.25. The number of sulfone groups is 1. The van der Waals surface area contributed by atoms with Crippen molar-refractivity contribution in [2.75, 3.05) is 17.7 Å². The predicted octanol–water partition coefficient (Wildman–Crippen LogP) is 1.36. The van der Waals surface area contributed by atoms with Crippen LogP contribution in [0.4, 0.5) is 10.3 Å². The molecule has 1 aromatic carbocycles. The largest absolute Gasteiger partial charge is 0.369 e. The number of aromatic nitrogens is 2. The number of nitrogens with two attached hydrogens (primary N) is 1. The maximum Gasteiger partial charge on any atom is 0.201 e. The first-order valence-corrected chi connectivity index (χ1v) is 7.45. The maximum absolute atomic E-state index is 13.5. The third-order valence-electron chi connectivity index (χ3n) is 2.68. The molecule has 0 aliphatic rings. The lowest BCUT2D eigenvalue weighted by molar-refractivity contribution is 0.571. The molecule has 0 amide bonds. The number of nitrogens with zero attached hydrogens (tertiary/aromatic N) is 2. The summed E-state index contributed by atoms with van der Waals surface area (Å²) in [5.74, 6) is -0.421. The van der Waals surface area contributed by atoms with Gasteiger partial charge in [0, 0.05) is 12.3 Å². The van der Waals surface area contributed by atoms with Gasteiger partial charge in [0.25, 0.3) is 0 Å². The highest BCUT2D eigenvalue weighted by molar-refractivity contribution is 7.90. The fourth-order valence-electron chi connectivity index (χ4n) is 2.08. The molecule has 0 saturated heterocycles. The number of halogens is 1.